The normalized spacial score (nSPS) is 18.5. The third-order valence-corrected chi connectivity index (χ3v) is 4.08. The molecule has 0 unspecified atom stereocenters. The molecular weight excluding hydrogens is 340 g/mol. The molecule has 0 bridgehead atoms. The van der Waals surface area contributed by atoms with Gasteiger partial charge in [0.15, 0.2) is 0 Å². The molecule has 1 saturated heterocycles. The zero-order valence-corrected chi connectivity index (χ0v) is 15.9. The van der Waals surface area contributed by atoms with Crippen molar-refractivity contribution in [1.82, 2.24) is 20.0 Å². The van der Waals surface area contributed by atoms with E-state index in [1.807, 2.05) is 9.80 Å². The molecule has 26 heavy (non-hydrogen) atoms. The number of amides is 1. The van der Waals surface area contributed by atoms with Crippen LogP contribution in [0.25, 0.3) is 0 Å². The van der Waals surface area contributed by atoms with Gasteiger partial charge in [-0.2, -0.15) is 0 Å². The standard InChI is InChI=1S/C17H32N4O5/c1-3-25-16(23)13-19-7-5-18-6-8-20(14-17(24)26-4-2)10-12-21(15-22)11-9-19/h15,18H,3-14H2,1-2H3. The summed E-state index contributed by atoms with van der Waals surface area (Å²) in [5.41, 5.74) is 0. The number of carbonyl (C=O) groups is 3. The molecule has 1 amide bonds. The van der Waals surface area contributed by atoms with Crippen LogP contribution in [0.4, 0.5) is 0 Å². The number of esters is 2. The predicted octanol–water partition coefficient (Wildman–Crippen LogP) is -1.22. The van der Waals surface area contributed by atoms with Crippen LogP contribution in [-0.4, -0.2) is 112 Å². The van der Waals surface area contributed by atoms with E-state index in [0.717, 1.165) is 6.41 Å². The van der Waals surface area contributed by atoms with Crippen LogP contribution in [0.1, 0.15) is 13.8 Å². The fourth-order valence-corrected chi connectivity index (χ4v) is 2.67. The summed E-state index contributed by atoms with van der Waals surface area (Å²) in [7, 11) is 0. The molecule has 150 valence electrons. The molecule has 0 saturated carbocycles. The monoisotopic (exact) mass is 372 g/mol. The van der Waals surface area contributed by atoms with Crippen LogP contribution in [0.5, 0.6) is 0 Å². The van der Waals surface area contributed by atoms with Gasteiger partial charge in [0, 0.05) is 52.4 Å². The maximum atomic E-state index is 11.7. The summed E-state index contributed by atoms with van der Waals surface area (Å²) >= 11 is 0. The number of hydrogen-bond acceptors (Lipinski definition) is 8. The number of rotatable bonds is 7. The molecule has 1 N–H and O–H groups in total. The zero-order valence-electron chi connectivity index (χ0n) is 15.9. The Bertz CT molecular complexity index is 401. The molecule has 0 atom stereocenters. The number of ether oxygens (including phenoxy) is 2. The van der Waals surface area contributed by atoms with Gasteiger partial charge in [0.1, 0.15) is 0 Å². The van der Waals surface area contributed by atoms with E-state index in [9.17, 15) is 14.4 Å². The summed E-state index contributed by atoms with van der Waals surface area (Å²) in [5, 5.41) is 3.33. The third-order valence-electron chi connectivity index (χ3n) is 4.08. The van der Waals surface area contributed by atoms with Gasteiger partial charge in [0.05, 0.1) is 26.3 Å². The molecular formula is C17H32N4O5. The lowest BCUT2D eigenvalue weighted by atomic mass is 10.3. The number of nitrogens with one attached hydrogen (secondary N) is 1. The Morgan fingerprint density at radius 3 is 1.69 bits per heavy atom. The van der Waals surface area contributed by atoms with Gasteiger partial charge in [0.25, 0.3) is 0 Å². The molecule has 0 aromatic carbocycles. The van der Waals surface area contributed by atoms with Crippen molar-refractivity contribution >= 4 is 18.3 Å². The highest BCUT2D eigenvalue weighted by Crippen LogP contribution is 1.97. The van der Waals surface area contributed by atoms with Crippen LogP contribution in [-0.2, 0) is 23.9 Å². The Balaban J connectivity index is 2.57. The maximum Gasteiger partial charge on any atom is 0.320 e. The molecule has 1 rings (SSSR count). The molecule has 0 aromatic rings. The van der Waals surface area contributed by atoms with Crippen molar-refractivity contribution in [3.63, 3.8) is 0 Å². The Morgan fingerprint density at radius 2 is 1.31 bits per heavy atom. The Kier molecular flexibility index (Phi) is 11.6. The predicted molar refractivity (Wildman–Crippen MR) is 96.7 cm³/mol. The largest absolute Gasteiger partial charge is 0.465 e. The first-order valence-electron chi connectivity index (χ1n) is 9.25. The average molecular weight is 372 g/mol. The van der Waals surface area contributed by atoms with Gasteiger partial charge in [-0.3, -0.25) is 24.2 Å². The van der Waals surface area contributed by atoms with Crippen molar-refractivity contribution in [2.24, 2.45) is 0 Å². The maximum absolute atomic E-state index is 11.7. The summed E-state index contributed by atoms with van der Waals surface area (Å²) in [5.74, 6) is -0.504. The number of nitrogens with zero attached hydrogens (tertiary/aromatic N) is 3. The van der Waals surface area contributed by atoms with Crippen LogP contribution < -0.4 is 5.32 Å². The highest BCUT2D eigenvalue weighted by Gasteiger charge is 2.16. The topological polar surface area (TPSA) is 91.4 Å². The molecule has 0 spiro atoms. The van der Waals surface area contributed by atoms with Crippen molar-refractivity contribution in [1.29, 1.82) is 0 Å². The van der Waals surface area contributed by atoms with Gasteiger partial charge in [-0.15, -0.1) is 0 Å². The van der Waals surface area contributed by atoms with Crippen LogP contribution in [0.2, 0.25) is 0 Å². The summed E-state index contributed by atoms with van der Waals surface area (Å²) in [6.45, 7) is 9.77. The van der Waals surface area contributed by atoms with Gasteiger partial charge < -0.3 is 19.7 Å². The fourth-order valence-electron chi connectivity index (χ4n) is 2.67. The minimum absolute atomic E-state index is 0.219. The molecule has 1 fully saturated rings. The Hall–Kier alpha value is -1.71. The Morgan fingerprint density at radius 1 is 0.846 bits per heavy atom. The second-order valence-corrected chi connectivity index (χ2v) is 6.05. The molecule has 9 nitrogen and oxygen atoms in total. The van der Waals surface area contributed by atoms with Crippen molar-refractivity contribution in [3.8, 4) is 0 Å². The van der Waals surface area contributed by atoms with Gasteiger partial charge in [-0.05, 0) is 13.8 Å². The quantitative estimate of drug-likeness (QED) is 0.439. The van der Waals surface area contributed by atoms with Crippen LogP contribution in [0, 0.1) is 0 Å². The second-order valence-electron chi connectivity index (χ2n) is 6.05. The van der Waals surface area contributed by atoms with E-state index in [2.05, 4.69) is 5.32 Å². The highest BCUT2D eigenvalue weighted by atomic mass is 16.5. The van der Waals surface area contributed by atoms with E-state index >= 15 is 0 Å². The van der Waals surface area contributed by atoms with E-state index < -0.39 is 0 Å². The minimum Gasteiger partial charge on any atom is -0.465 e. The van der Waals surface area contributed by atoms with Gasteiger partial charge in [0.2, 0.25) is 6.41 Å². The molecule has 9 heteroatoms. The molecule has 0 aliphatic carbocycles. The lowest BCUT2D eigenvalue weighted by Gasteiger charge is -2.29. The van der Waals surface area contributed by atoms with Gasteiger partial charge in [-0.25, -0.2) is 0 Å². The number of hydrogen-bond donors (Lipinski definition) is 1. The highest BCUT2D eigenvalue weighted by molar-refractivity contribution is 5.72. The second kappa shape index (κ2) is 13.5. The van der Waals surface area contributed by atoms with E-state index in [1.54, 1.807) is 18.7 Å². The molecule has 0 aromatic heterocycles. The lowest BCUT2D eigenvalue weighted by Crippen LogP contribution is -2.46. The summed E-state index contributed by atoms with van der Waals surface area (Å²) in [6.07, 6.45) is 0.815. The van der Waals surface area contributed by atoms with Gasteiger partial charge >= 0.3 is 11.9 Å². The third kappa shape index (κ3) is 9.69. The summed E-state index contributed by atoms with van der Waals surface area (Å²) in [6, 6.07) is 0. The fraction of sp³-hybridized carbons (Fsp3) is 0.824. The molecule has 0 radical (unpaired) electrons. The number of carbonyl (C=O) groups excluding carboxylic acids is 3. The van der Waals surface area contributed by atoms with Crippen LogP contribution >= 0.6 is 0 Å². The lowest BCUT2D eigenvalue weighted by molar-refractivity contribution is -0.145. The van der Waals surface area contributed by atoms with Crippen molar-refractivity contribution in [3.05, 3.63) is 0 Å². The van der Waals surface area contributed by atoms with Crippen LogP contribution in [0.3, 0.4) is 0 Å². The summed E-state index contributed by atoms with van der Waals surface area (Å²) < 4.78 is 10.0. The first-order chi connectivity index (χ1) is 12.6. The zero-order chi connectivity index (χ0) is 19.2. The van der Waals surface area contributed by atoms with Gasteiger partial charge in [-0.1, -0.05) is 0 Å². The van der Waals surface area contributed by atoms with E-state index in [1.165, 1.54) is 0 Å². The molecule has 1 aliphatic heterocycles. The SMILES string of the molecule is CCOC(=O)CN1CCNCCN(CC(=O)OCC)CCN(C=O)CC1. The minimum atomic E-state index is -0.252. The van der Waals surface area contributed by atoms with Crippen molar-refractivity contribution in [2.45, 2.75) is 13.8 Å². The molecule has 1 aliphatic rings. The first-order valence-corrected chi connectivity index (χ1v) is 9.25. The van der Waals surface area contributed by atoms with E-state index in [4.69, 9.17) is 9.47 Å². The molecule has 1 heterocycles. The van der Waals surface area contributed by atoms with E-state index in [-0.39, 0.29) is 25.0 Å². The van der Waals surface area contributed by atoms with Crippen LogP contribution in [0.15, 0.2) is 0 Å². The first kappa shape index (κ1) is 22.3. The summed E-state index contributed by atoms with van der Waals surface area (Å²) in [4.78, 5) is 40.4. The van der Waals surface area contributed by atoms with E-state index in [0.29, 0.717) is 65.6 Å². The average Bonchev–Trinajstić information content (AvgIpc) is 2.59. The Labute approximate surface area is 155 Å². The van der Waals surface area contributed by atoms with Crippen molar-refractivity contribution in [2.75, 3.05) is 78.7 Å². The smallest absolute Gasteiger partial charge is 0.320 e. The van der Waals surface area contributed by atoms with Crippen molar-refractivity contribution < 1.29 is 23.9 Å².